The molecule has 0 radical (unpaired) electrons. The van der Waals surface area contributed by atoms with E-state index in [-0.39, 0.29) is 41.8 Å². The molecule has 46 heavy (non-hydrogen) atoms. The molecular weight excluding hydrogens is 649 g/mol. The van der Waals surface area contributed by atoms with E-state index in [1.165, 1.54) is 24.3 Å². The van der Waals surface area contributed by atoms with Gasteiger partial charge in [-0.3, -0.25) is 9.97 Å². The highest BCUT2D eigenvalue weighted by Crippen LogP contribution is 2.37. The van der Waals surface area contributed by atoms with Crippen molar-refractivity contribution in [2.75, 3.05) is 11.5 Å². The molecule has 0 bridgehead atoms. The first-order valence-corrected chi connectivity index (χ1v) is 16.2. The van der Waals surface area contributed by atoms with Gasteiger partial charge in [-0.2, -0.15) is 0 Å². The Hall–Kier alpha value is -3.34. The number of rotatable bonds is 4. The maximum absolute atomic E-state index is 13.7. The van der Waals surface area contributed by atoms with Gasteiger partial charge in [0, 0.05) is 45.2 Å². The Morgan fingerprint density at radius 2 is 1.20 bits per heavy atom. The molecule has 4 aromatic rings. The molecule has 0 aliphatic carbocycles. The Bertz CT molecular complexity index is 1650. The van der Waals surface area contributed by atoms with Crippen LogP contribution in [0.3, 0.4) is 0 Å². The molecule has 2 aromatic heterocycles. The number of aromatic nitrogens is 2. The minimum atomic E-state index is -0.285. The number of pyridine rings is 2. The average Bonchev–Trinajstić information content (AvgIpc) is 3.18. The zero-order valence-electron chi connectivity index (χ0n) is 28.5. The van der Waals surface area contributed by atoms with Gasteiger partial charge in [0.25, 0.3) is 0 Å². The van der Waals surface area contributed by atoms with Crippen molar-refractivity contribution >= 4 is 39.9 Å². The lowest BCUT2D eigenvalue weighted by molar-refractivity contribution is 0.00578. The Labute approximate surface area is 281 Å². The van der Waals surface area contributed by atoms with E-state index < -0.39 is 0 Å². The lowest BCUT2D eigenvalue weighted by Gasteiger charge is -2.32. The van der Waals surface area contributed by atoms with Crippen molar-refractivity contribution in [3.8, 4) is 11.1 Å². The van der Waals surface area contributed by atoms with Crippen LogP contribution >= 0.6 is 15.9 Å². The van der Waals surface area contributed by atoms with Crippen molar-refractivity contribution < 1.29 is 18.1 Å². The highest BCUT2D eigenvalue weighted by atomic mass is 79.9. The summed E-state index contributed by atoms with van der Waals surface area (Å²) in [7, 11) is -0.285. The number of nitrogens with zero attached hydrogens (tertiary/aromatic N) is 2. The summed E-state index contributed by atoms with van der Waals surface area (Å²) in [6.07, 6.45) is 3.50. The van der Waals surface area contributed by atoms with Gasteiger partial charge in [0.1, 0.15) is 11.6 Å². The van der Waals surface area contributed by atoms with E-state index in [9.17, 15) is 8.78 Å². The molecule has 4 N–H and O–H groups in total. The van der Waals surface area contributed by atoms with Crippen LogP contribution in [0.5, 0.6) is 0 Å². The van der Waals surface area contributed by atoms with E-state index >= 15 is 0 Å². The molecule has 1 aliphatic heterocycles. The van der Waals surface area contributed by atoms with E-state index in [1.54, 1.807) is 12.4 Å². The summed E-state index contributed by atoms with van der Waals surface area (Å²) >= 11 is 3.20. The van der Waals surface area contributed by atoms with Gasteiger partial charge in [0.2, 0.25) is 0 Å². The molecule has 2 aromatic carbocycles. The lowest BCUT2D eigenvalue weighted by Crippen LogP contribution is -2.41. The second-order valence-electron chi connectivity index (χ2n) is 13.2. The van der Waals surface area contributed by atoms with Crippen LogP contribution in [0.1, 0.15) is 89.7 Å². The summed E-state index contributed by atoms with van der Waals surface area (Å²) in [6, 6.07) is 13.5. The monoisotopic (exact) mass is 694 g/mol. The maximum atomic E-state index is 13.7. The van der Waals surface area contributed by atoms with E-state index in [2.05, 4.69) is 53.6 Å². The smallest absolute Gasteiger partial charge is 0.399 e. The average molecular weight is 696 g/mol. The molecule has 6 nitrogen and oxygen atoms in total. The van der Waals surface area contributed by atoms with Crippen LogP contribution < -0.4 is 16.9 Å². The van der Waals surface area contributed by atoms with Crippen molar-refractivity contribution in [2.24, 2.45) is 0 Å². The van der Waals surface area contributed by atoms with E-state index in [0.29, 0.717) is 15.8 Å². The molecule has 1 fully saturated rings. The van der Waals surface area contributed by atoms with Gasteiger partial charge >= 0.3 is 7.12 Å². The molecule has 1 aliphatic rings. The fraction of sp³-hybridized carbons (Fsp3) is 0.389. The zero-order valence-corrected chi connectivity index (χ0v) is 30.1. The number of hydrogen-bond acceptors (Lipinski definition) is 6. The molecule has 1 saturated heterocycles. The van der Waals surface area contributed by atoms with Gasteiger partial charge in [-0.05, 0) is 140 Å². The van der Waals surface area contributed by atoms with Crippen molar-refractivity contribution in [2.45, 2.75) is 92.3 Å². The number of hydrogen-bond donors (Lipinski definition) is 2. The molecule has 3 heterocycles. The molecule has 0 spiro atoms. The Balaban J connectivity index is 0.000000192. The summed E-state index contributed by atoms with van der Waals surface area (Å²) in [5.41, 5.74) is 18.8. The lowest BCUT2D eigenvalue weighted by atomic mass is 9.79. The quantitative estimate of drug-likeness (QED) is 0.164. The number of benzene rings is 2. The summed E-state index contributed by atoms with van der Waals surface area (Å²) in [4.78, 5) is 8.31. The standard InChI is InChI=1S/C15H17FN2.C12H18BNO2.C9H11BrFN/c1-9(2)13-7-12(16)8-14(15(13)17)11-4-5-18-10(3)6-11;1-9-8-10(6-7-14-9)13-15-11(2,3)12(4,5)16-13;1-5(2)7-3-6(11)4-8(10)9(7)12/h4-9H,17H2,1-3H3;6-8H,1-5H3;3-5H,12H2,1-2H3. The molecule has 0 unspecified atom stereocenters. The van der Waals surface area contributed by atoms with E-state index in [1.807, 2.05) is 65.8 Å². The van der Waals surface area contributed by atoms with E-state index in [4.69, 9.17) is 20.8 Å². The van der Waals surface area contributed by atoms with Crippen LogP contribution in [-0.4, -0.2) is 28.3 Å². The van der Waals surface area contributed by atoms with Crippen LogP contribution in [0.2, 0.25) is 0 Å². The molecule has 0 atom stereocenters. The fourth-order valence-electron chi connectivity index (χ4n) is 4.84. The van der Waals surface area contributed by atoms with Crippen LogP contribution in [-0.2, 0) is 9.31 Å². The molecular formula is C36H46BBrF2N4O2. The van der Waals surface area contributed by atoms with E-state index in [0.717, 1.165) is 39.1 Å². The zero-order chi connectivity index (χ0) is 34.6. The van der Waals surface area contributed by atoms with Gasteiger partial charge in [-0.25, -0.2) is 8.78 Å². The van der Waals surface area contributed by atoms with Gasteiger partial charge in [-0.1, -0.05) is 27.7 Å². The van der Waals surface area contributed by atoms with Gasteiger partial charge in [0.15, 0.2) is 0 Å². The summed E-state index contributed by atoms with van der Waals surface area (Å²) in [5, 5.41) is 0. The summed E-state index contributed by atoms with van der Waals surface area (Å²) < 4.78 is 39.1. The molecule has 0 saturated carbocycles. The molecule has 10 heteroatoms. The predicted molar refractivity (Wildman–Crippen MR) is 190 cm³/mol. The molecule has 246 valence electrons. The van der Waals surface area contributed by atoms with Crippen LogP contribution in [0.4, 0.5) is 20.2 Å². The largest absolute Gasteiger partial charge is 0.494 e. The van der Waals surface area contributed by atoms with Crippen LogP contribution in [0.15, 0.2) is 65.4 Å². The third kappa shape index (κ3) is 9.14. The third-order valence-electron chi connectivity index (χ3n) is 8.20. The number of nitrogen functional groups attached to an aromatic ring is 2. The van der Waals surface area contributed by atoms with Crippen molar-refractivity contribution in [3.63, 3.8) is 0 Å². The van der Waals surface area contributed by atoms with Crippen molar-refractivity contribution in [3.05, 3.63) is 99.5 Å². The topological polar surface area (TPSA) is 96.3 Å². The maximum Gasteiger partial charge on any atom is 0.494 e. The minimum absolute atomic E-state index is 0.197. The first kappa shape index (κ1) is 37.1. The number of nitrogens with two attached hydrogens (primary N) is 2. The number of anilines is 2. The second kappa shape index (κ2) is 15.0. The number of aryl methyl sites for hydroxylation is 2. The predicted octanol–water partition coefficient (Wildman–Crippen LogP) is 8.88. The first-order chi connectivity index (χ1) is 21.3. The molecule has 0 amide bonds. The number of halogens is 3. The summed E-state index contributed by atoms with van der Waals surface area (Å²) in [6.45, 7) is 20.1. The Morgan fingerprint density at radius 3 is 1.70 bits per heavy atom. The highest BCUT2D eigenvalue weighted by Gasteiger charge is 2.51. The van der Waals surface area contributed by atoms with Crippen molar-refractivity contribution in [1.82, 2.24) is 9.97 Å². The SMILES string of the molecule is CC(C)c1cc(F)cc(Br)c1N.Cc1cc(-c2cc(F)cc(C(C)C)c2N)ccn1.Cc1cc(B2OC(C)(C)C(C)(C)O2)ccn1. The molecule has 5 rings (SSSR count). The Kier molecular flexibility index (Phi) is 12.1. The van der Waals surface area contributed by atoms with Crippen molar-refractivity contribution in [1.29, 1.82) is 0 Å². The highest BCUT2D eigenvalue weighted by molar-refractivity contribution is 9.10. The minimum Gasteiger partial charge on any atom is -0.399 e. The normalized spacial score (nSPS) is 14.9. The summed E-state index contributed by atoms with van der Waals surface area (Å²) in [5.74, 6) is -0.0588. The van der Waals surface area contributed by atoms with Gasteiger partial charge < -0.3 is 20.8 Å². The Morgan fingerprint density at radius 1 is 0.717 bits per heavy atom. The third-order valence-corrected chi connectivity index (χ3v) is 8.86. The van der Waals surface area contributed by atoms with Crippen LogP contribution in [0.25, 0.3) is 11.1 Å². The van der Waals surface area contributed by atoms with Gasteiger partial charge in [-0.15, -0.1) is 0 Å². The van der Waals surface area contributed by atoms with Crippen LogP contribution in [0, 0.1) is 25.5 Å². The first-order valence-electron chi connectivity index (χ1n) is 15.4. The second-order valence-corrected chi connectivity index (χ2v) is 14.0. The fourth-order valence-corrected chi connectivity index (χ4v) is 5.29. The van der Waals surface area contributed by atoms with Gasteiger partial charge in [0.05, 0.1) is 11.2 Å².